The molecule has 0 aliphatic carbocycles. The molecule has 2 N–H and O–H groups in total. The van der Waals surface area contributed by atoms with Crippen LogP contribution in [0.3, 0.4) is 0 Å². The number of aromatic nitrogens is 3. The van der Waals surface area contributed by atoms with Crippen molar-refractivity contribution in [1.29, 1.82) is 0 Å². The molecule has 2 rings (SSSR count). The van der Waals surface area contributed by atoms with Crippen molar-refractivity contribution in [3.63, 3.8) is 0 Å². The summed E-state index contributed by atoms with van der Waals surface area (Å²) in [6.45, 7) is 2.06. The van der Waals surface area contributed by atoms with E-state index in [1.54, 1.807) is 24.6 Å². The fraction of sp³-hybridized carbons (Fsp3) is 0.300. The zero-order valence-corrected chi connectivity index (χ0v) is 9.10. The first kappa shape index (κ1) is 10.4. The van der Waals surface area contributed by atoms with Gasteiger partial charge in [0.1, 0.15) is 5.52 Å². The minimum Gasteiger partial charge on any atom is -0.460 e. The average molecular weight is 220 g/mol. The Balaban J connectivity index is 2.55. The predicted molar refractivity (Wildman–Crippen MR) is 58.9 cm³/mol. The summed E-state index contributed by atoms with van der Waals surface area (Å²) in [5.74, 6) is -0.225. The van der Waals surface area contributed by atoms with E-state index in [2.05, 4.69) is 9.97 Å². The Morgan fingerprint density at radius 1 is 1.62 bits per heavy atom. The molecule has 0 amide bonds. The molecule has 6 heteroatoms. The smallest absolute Gasteiger partial charge is 0.374 e. The second-order valence-electron chi connectivity index (χ2n) is 3.33. The Morgan fingerprint density at radius 2 is 2.38 bits per heavy atom. The summed E-state index contributed by atoms with van der Waals surface area (Å²) in [4.78, 5) is 19.8. The third-order valence-corrected chi connectivity index (χ3v) is 2.19. The number of anilines is 1. The molecular weight excluding hydrogens is 208 g/mol. The number of ether oxygens (including phenoxy) is 1. The molecule has 0 unspecified atom stereocenters. The van der Waals surface area contributed by atoms with Gasteiger partial charge in [-0.25, -0.2) is 14.8 Å². The van der Waals surface area contributed by atoms with Gasteiger partial charge in [0.25, 0.3) is 0 Å². The molecule has 0 aromatic carbocycles. The van der Waals surface area contributed by atoms with E-state index in [1.165, 1.54) is 6.20 Å². The minimum atomic E-state index is -0.457. The topological polar surface area (TPSA) is 83.0 Å². The van der Waals surface area contributed by atoms with Crippen molar-refractivity contribution in [2.75, 3.05) is 12.3 Å². The number of rotatable bonds is 2. The SMILES string of the molecule is CCOC(=O)c1nc2cc(N)cnc2n1C. The number of nitrogens with two attached hydrogens (primary N) is 1. The van der Waals surface area contributed by atoms with Crippen molar-refractivity contribution < 1.29 is 9.53 Å². The van der Waals surface area contributed by atoms with Gasteiger partial charge in [-0.1, -0.05) is 0 Å². The standard InChI is InChI=1S/C10H12N4O2/c1-3-16-10(15)9-13-7-4-6(11)5-12-8(7)14(9)2/h4-5H,3,11H2,1-2H3. The van der Waals surface area contributed by atoms with Crippen molar-refractivity contribution in [3.8, 4) is 0 Å². The molecule has 0 saturated carbocycles. The van der Waals surface area contributed by atoms with Gasteiger partial charge in [0, 0.05) is 7.05 Å². The van der Waals surface area contributed by atoms with E-state index in [9.17, 15) is 4.79 Å². The normalized spacial score (nSPS) is 10.6. The molecule has 84 valence electrons. The Labute approximate surface area is 92.0 Å². The van der Waals surface area contributed by atoms with Gasteiger partial charge in [-0.3, -0.25) is 0 Å². The Bertz CT molecular complexity index is 547. The van der Waals surface area contributed by atoms with Gasteiger partial charge in [-0.2, -0.15) is 0 Å². The average Bonchev–Trinajstić information content (AvgIpc) is 2.56. The van der Waals surface area contributed by atoms with Gasteiger partial charge in [0.05, 0.1) is 18.5 Å². The third kappa shape index (κ3) is 1.58. The van der Waals surface area contributed by atoms with E-state index in [0.29, 0.717) is 23.5 Å². The summed E-state index contributed by atoms with van der Waals surface area (Å²) >= 11 is 0. The van der Waals surface area contributed by atoms with E-state index in [4.69, 9.17) is 10.5 Å². The highest BCUT2D eigenvalue weighted by Gasteiger charge is 2.16. The number of aryl methyl sites for hydroxylation is 1. The fourth-order valence-corrected chi connectivity index (χ4v) is 1.47. The number of nitrogen functional groups attached to an aromatic ring is 1. The summed E-state index contributed by atoms with van der Waals surface area (Å²) in [6, 6.07) is 1.67. The van der Waals surface area contributed by atoms with Crippen LogP contribution in [0.5, 0.6) is 0 Å². The summed E-state index contributed by atoms with van der Waals surface area (Å²) < 4.78 is 6.48. The summed E-state index contributed by atoms with van der Waals surface area (Å²) in [5.41, 5.74) is 7.30. The summed E-state index contributed by atoms with van der Waals surface area (Å²) in [7, 11) is 1.71. The number of carbonyl (C=O) groups is 1. The number of imidazole rings is 1. The molecule has 0 spiro atoms. The number of carbonyl (C=O) groups excluding carboxylic acids is 1. The van der Waals surface area contributed by atoms with Crippen molar-refractivity contribution in [1.82, 2.24) is 14.5 Å². The maximum Gasteiger partial charge on any atom is 0.374 e. The molecule has 0 radical (unpaired) electrons. The highest BCUT2D eigenvalue weighted by atomic mass is 16.5. The number of nitrogens with zero attached hydrogens (tertiary/aromatic N) is 3. The maximum atomic E-state index is 11.6. The van der Waals surface area contributed by atoms with Crippen molar-refractivity contribution in [2.45, 2.75) is 6.92 Å². The van der Waals surface area contributed by atoms with Crippen LogP contribution in [0, 0.1) is 0 Å². The van der Waals surface area contributed by atoms with Crippen LogP contribution in [0.2, 0.25) is 0 Å². The Morgan fingerprint density at radius 3 is 3.06 bits per heavy atom. The van der Waals surface area contributed by atoms with E-state index < -0.39 is 5.97 Å². The first-order valence-electron chi connectivity index (χ1n) is 4.88. The lowest BCUT2D eigenvalue weighted by atomic mass is 10.4. The Kier molecular flexibility index (Phi) is 2.47. The van der Waals surface area contributed by atoms with Gasteiger partial charge < -0.3 is 15.0 Å². The highest BCUT2D eigenvalue weighted by molar-refractivity contribution is 5.90. The molecule has 0 saturated heterocycles. The monoisotopic (exact) mass is 220 g/mol. The predicted octanol–water partition coefficient (Wildman–Crippen LogP) is 0.727. The first-order chi connectivity index (χ1) is 7.63. The molecule has 2 aromatic rings. The third-order valence-electron chi connectivity index (χ3n) is 2.19. The van der Waals surface area contributed by atoms with Gasteiger partial charge >= 0.3 is 5.97 Å². The van der Waals surface area contributed by atoms with Crippen LogP contribution in [0.25, 0.3) is 11.2 Å². The number of fused-ring (bicyclic) bond motifs is 1. The summed E-state index contributed by atoms with van der Waals surface area (Å²) in [5, 5.41) is 0. The van der Waals surface area contributed by atoms with Crippen LogP contribution in [-0.4, -0.2) is 27.1 Å². The van der Waals surface area contributed by atoms with Gasteiger partial charge in [-0.05, 0) is 13.0 Å². The number of hydrogen-bond acceptors (Lipinski definition) is 5. The van der Waals surface area contributed by atoms with E-state index in [-0.39, 0.29) is 5.82 Å². The highest BCUT2D eigenvalue weighted by Crippen LogP contribution is 2.15. The lowest BCUT2D eigenvalue weighted by molar-refractivity contribution is 0.0508. The lowest BCUT2D eigenvalue weighted by Gasteiger charge is -2.00. The molecular formula is C10H12N4O2. The number of pyridine rings is 1. The zero-order valence-electron chi connectivity index (χ0n) is 9.10. The summed E-state index contributed by atoms with van der Waals surface area (Å²) in [6.07, 6.45) is 1.53. The zero-order chi connectivity index (χ0) is 11.7. The minimum absolute atomic E-state index is 0.231. The van der Waals surface area contributed by atoms with E-state index in [1.807, 2.05) is 0 Å². The second-order valence-corrected chi connectivity index (χ2v) is 3.33. The van der Waals surface area contributed by atoms with Crippen LogP contribution in [0.4, 0.5) is 5.69 Å². The van der Waals surface area contributed by atoms with E-state index >= 15 is 0 Å². The van der Waals surface area contributed by atoms with E-state index in [0.717, 1.165) is 0 Å². The largest absolute Gasteiger partial charge is 0.460 e. The van der Waals surface area contributed by atoms with Crippen molar-refractivity contribution >= 4 is 22.8 Å². The van der Waals surface area contributed by atoms with Gasteiger partial charge in [-0.15, -0.1) is 0 Å². The van der Waals surface area contributed by atoms with Crippen LogP contribution in [-0.2, 0) is 11.8 Å². The molecule has 2 aromatic heterocycles. The molecule has 16 heavy (non-hydrogen) atoms. The lowest BCUT2D eigenvalue weighted by Crippen LogP contribution is -2.11. The molecule has 0 atom stereocenters. The first-order valence-corrected chi connectivity index (χ1v) is 4.88. The van der Waals surface area contributed by atoms with Crippen LogP contribution >= 0.6 is 0 Å². The van der Waals surface area contributed by atoms with Crippen LogP contribution in [0.15, 0.2) is 12.3 Å². The van der Waals surface area contributed by atoms with Crippen molar-refractivity contribution in [2.24, 2.45) is 7.05 Å². The fourth-order valence-electron chi connectivity index (χ4n) is 1.47. The van der Waals surface area contributed by atoms with Gasteiger partial charge in [0.15, 0.2) is 5.65 Å². The number of hydrogen-bond donors (Lipinski definition) is 1. The quantitative estimate of drug-likeness (QED) is 0.754. The van der Waals surface area contributed by atoms with Crippen molar-refractivity contribution in [3.05, 3.63) is 18.1 Å². The van der Waals surface area contributed by atoms with Gasteiger partial charge in [0.2, 0.25) is 5.82 Å². The second kappa shape index (κ2) is 3.80. The van der Waals surface area contributed by atoms with Crippen LogP contribution in [0.1, 0.15) is 17.5 Å². The molecule has 0 aliphatic heterocycles. The molecule has 2 heterocycles. The molecule has 0 fully saturated rings. The molecule has 0 bridgehead atoms. The number of esters is 1. The Hall–Kier alpha value is -2.11. The maximum absolute atomic E-state index is 11.6. The molecule has 6 nitrogen and oxygen atoms in total. The van der Waals surface area contributed by atoms with Crippen LogP contribution < -0.4 is 5.73 Å². The molecule has 0 aliphatic rings.